The Bertz CT molecular complexity index is 377. The van der Waals surface area contributed by atoms with Crippen LogP contribution in [0, 0.1) is 0 Å². The van der Waals surface area contributed by atoms with Crippen LogP contribution in [0.4, 0.5) is 0 Å². The minimum atomic E-state index is -0.331. The van der Waals surface area contributed by atoms with Crippen LogP contribution in [-0.4, -0.2) is 19.5 Å². The van der Waals surface area contributed by atoms with Crippen molar-refractivity contribution in [1.29, 1.82) is 0 Å². The van der Waals surface area contributed by atoms with E-state index in [-0.39, 0.29) is 11.2 Å². The number of rotatable bonds is 5. The Kier molecular flexibility index (Phi) is 4.62. The molecule has 4 heteroatoms. The van der Waals surface area contributed by atoms with E-state index in [0.29, 0.717) is 17.9 Å². The van der Waals surface area contributed by atoms with Gasteiger partial charge in [0.25, 0.3) is 0 Å². The molecule has 0 radical (unpaired) electrons. The van der Waals surface area contributed by atoms with E-state index in [1.165, 1.54) is 0 Å². The van der Waals surface area contributed by atoms with Gasteiger partial charge < -0.3 is 9.47 Å². The SMILES string of the molecule is COc1ccc(C(C)CC(=O)Cl)cc1OC. The summed E-state index contributed by atoms with van der Waals surface area (Å²) in [5.74, 6) is 1.41. The predicted octanol–water partition coefficient (Wildman–Crippen LogP) is 2.96. The van der Waals surface area contributed by atoms with Crippen molar-refractivity contribution in [3.8, 4) is 11.5 Å². The van der Waals surface area contributed by atoms with Crippen LogP contribution < -0.4 is 9.47 Å². The first kappa shape index (κ1) is 12.8. The average Bonchev–Trinajstić information content (AvgIpc) is 2.27. The van der Waals surface area contributed by atoms with Gasteiger partial charge in [-0.15, -0.1) is 0 Å². The Morgan fingerprint density at radius 1 is 1.31 bits per heavy atom. The topological polar surface area (TPSA) is 35.5 Å². The van der Waals surface area contributed by atoms with Gasteiger partial charge in [-0.05, 0) is 35.2 Å². The minimum Gasteiger partial charge on any atom is -0.493 e. The van der Waals surface area contributed by atoms with Gasteiger partial charge in [0, 0.05) is 6.42 Å². The first-order valence-corrected chi connectivity index (χ1v) is 5.36. The number of carbonyl (C=O) groups excluding carboxylic acids is 1. The van der Waals surface area contributed by atoms with E-state index >= 15 is 0 Å². The van der Waals surface area contributed by atoms with Crippen LogP contribution in [-0.2, 0) is 4.79 Å². The van der Waals surface area contributed by atoms with Crippen LogP contribution in [0.15, 0.2) is 18.2 Å². The lowest BCUT2D eigenvalue weighted by molar-refractivity contribution is -0.111. The molecule has 0 amide bonds. The molecule has 0 bridgehead atoms. The monoisotopic (exact) mass is 242 g/mol. The summed E-state index contributed by atoms with van der Waals surface area (Å²) in [6, 6.07) is 5.60. The summed E-state index contributed by atoms with van der Waals surface area (Å²) in [7, 11) is 3.17. The summed E-state index contributed by atoms with van der Waals surface area (Å²) in [6.45, 7) is 1.95. The third kappa shape index (κ3) is 3.14. The number of benzene rings is 1. The molecule has 0 heterocycles. The van der Waals surface area contributed by atoms with Crippen LogP contribution in [0.5, 0.6) is 11.5 Å². The molecular weight excluding hydrogens is 228 g/mol. The number of methoxy groups -OCH3 is 2. The van der Waals surface area contributed by atoms with Crippen molar-refractivity contribution >= 4 is 16.8 Å². The second-order valence-electron chi connectivity index (χ2n) is 3.57. The summed E-state index contributed by atoms with van der Waals surface area (Å²) in [5, 5.41) is -0.331. The molecule has 0 aromatic heterocycles. The smallest absolute Gasteiger partial charge is 0.222 e. The summed E-state index contributed by atoms with van der Waals surface area (Å²) < 4.78 is 10.3. The molecule has 1 atom stereocenters. The predicted molar refractivity (Wildman–Crippen MR) is 63.4 cm³/mol. The molecule has 0 fully saturated rings. The number of halogens is 1. The van der Waals surface area contributed by atoms with Crippen molar-refractivity contribution in [2.24, 2.45) is 0 Å². The van der Waals surface area contributed by atoms with Gasteiger partial charge in [-0.25, -0.2) is 0 Å². The van der Waals surface area contributed by atoms with Crippen LogP contribution in [0.25, 0.3) is 0 Å². The van der Waals surface area contributed by atoms with Gasteiger partial charge in [-0.1, -0.05) is 13.0 Å². The fraction of sp³-hybridized carbons (Fsp3) is 0.417. The average molecular weight is 243 g/mol. The van der Waals surface area contributed by atoms with Crippen molar-refractivity contribution in [2.75, 3.05) is 14.2 Å². The van der Waals surface area contributed by atoms with E-state index in [1.807, 2.05) is 25.1 Å². The Balaban J connectivity index is 2.93. The molecule has 0 saturated heterocycles. The summed E-state index contributed by atoms with van der Waals surface area (Å²) in [6.07, 6.45) is 0.317. The van der Waals surface area contributed by atoms with Gasteiger partial charge in [-0.2, -0.15) is 0 Å². The molecule has 1 aromatic rings. The molecule has 0 saturated carbocycles. The zero-order chi connectivity index (χ0) is 12.1. The molecular formula is C12H15ClO3. The lowest BCUT2D eigenvalue weighted by Gasteiger charge is -2.13. The molecule has 0 aliphatic carbocycles. The van der Waals surface area contributed by atoms with Crippen LogP contribution in [0.2, 0.25) is 0 Å². The first-order valence-electron chi connectivity index (χ1n) is 4.98. The molecule has 3 nitrogen and oxygen atoms in total. The number of hydrogen-bond acceptors (Lipinski definition) is 3. The molecule has 1 unspecified atom stereocenters. The van der Waals surface area contributed by atoms with E-state index in [9.17, 15) is 4.79 Å². The number of hydrogen-bond donors (Lipinski definition) is 0. The lowest BCUT2D eigenvalue weighted by atomic mass is 9.98. The highest BCUT2D eigenvalue weighted by Crippen LogP contribution is 2.31. The van der Waals surface area contributed by atoms with Crippen molar-refractivity contribution in [1.82, 2.24) is 0 Å². The van der Waals surface area contributed by atoms with Gasteiger partial charge in [0.2, 0.25) is 5.24 Å². The largest absolute Gasteiger partial charge is 0.493 e. The molecule has 16 heavy (non-hydrogen) atoms. The maximum Gasteiger partial charge on any atom is 0.222 e. The lowest BCUT2D eigenvalue weighted by Crippen LogP contribution is -2.00. The minimum absolute atomic E-state index is 0.0739. The van der Waals surface area contributed by atoms with Crippen molar-refractivity contribution in [2.45, 2.75) is 19.3 Å². The first-order chi connectivity index (χ1) is 7.58. The van der Waals surface area contributed by atoms with Crippen molar-refractivity contribution < 1.29 is 14.3 Å². The Morgan fingerprint density at radius 3 is 2.44 bits per heavy atom. The van der Waals surface area contributed by atoms with Crippen molar-refractivity contribution in [3.05, 3.63) is 23.8 Å². The summed E-state index contributed by atoms with van der Waals surface area (Å²) in [5.41, 5.74) is 1.01. The highest BCUT2D eigenvalue weighted by molar-refractivity contribution is 6.63. The molecule has 0 N–H and O–H groups in total. The Hall–Kier alpha value is -1.22. The van der Waals surface area contributed by atoms with Gasteiger partial charge in [0.05, 0.1) is 14.2 Å². The quantitative estimate of drug-likeness (QED) is 0.745. The van der Waals surface area contributed by atoms with E-state index in [0.717, 1.165) is 5.56 Å². The van der Waals surface area contributed by atoms with E-state index in [1.54, 1.807) is 14.2 Å². The van der Waals surface area contributed by atoms with Crippen LogP contribution in [0.1, 0.15) is 24.8 Å². The Morgan fingerprint density at radius 2 is 1.94 bits per heavy atom. The second kappa shape index (κ2) is 5.75. The van der Waals surface area contributed by atoms with Crippen molar-refractivity contribution in [3.63, 3.8) is 0 Å². The highest BCUT2D eigenvalue weighted by atomic mass is 35.5. The molecule has 0 spiro atoms. The molecule has 0 aliphatic heterocycles. The Labute approximate surface area is 100 Å². The molecule has 1 aromatic carbocycles. The molecule has 0 aliphatic rings. The van der Waals surface area contributed by atoms with Gasteiger partial charge in [0.15, 0.2) is 11.5 Å². The molecule has 1 rings (SSSR count). The van der Waals surface area contributed by atoms with Crippen LogP contribution in [0.3, 0.4) is 0 Å². The van der Waals surface area contributed by atoms with Gasteiger partial charge in [0.1, 0.15) is 0 Å². The zero-order valence-electron chi connectivity index (χ0n) is 9.62. The maximum absolute atomic E-state index is 10.8. The fourth-order valence-electron chi connectivity index (χ4n) is 1.52. The van der Waals surface area contributed by atoms with Gasteiger partial charge in [-0.3, -0.25) is 4.79 Å². The summed E-state index contributed by atoms with van der Waals surface area (Å²) in [4.78, 5) is 10.8. The van der Waals surface area contributed by atoms with Gasteiger partial charge >= 0.3 is 0 Å². The van der Waals surface area contributed by atoms with E-state index in [4.69, 9.17) is 21.1 Å². The van der Waals surface area contributed by atoms with E-state index in [2.05, 4.69) is 0 Å². The summed E-state index contributed by atoms with van der Waals surface area (Å²) >= 11 is 5.36. The normalized spacial score (nSPS) is 12.0. The van der Waals surface area contributed by atoms with E-state index < -0.39 is 0 Å². The standard InChI is InChI=1S/C12H15ClO3/c1-8(6-12(13)14)9-4-5-10(15-2)11(7-9)16-3/h4-5,7-8H,6H2,1-3H3. The third-order valence-electron chi connectivity index (χ3n) is 2.44. The highest BCUT2D eigenvalue weighted by Gasteiger charge is 2.12. The maximum atomic E-state index is 10.8. The zero-order valence-corrected chi connectivity index (χ0v) is 10.4. The molecule has 88 valence electrons. The van der Waals surface area contributed by atoms with Crippen LogP contribution >= 0.6 is 11.6 Å². The third-order valence-corrected chi connectivity index (χ3v) is 2.60. The number of carbonyl (C=O) groups is 1. The second-order valence-corrected chi connectivity index (χ2v) is 4.00. The fourth-order valence-corrected chi connectivity index (χ4v) is 1.75. The number of ether oxygens (including phenoxy) is 2.